The maximum atomic E-state index is 5.01. The van der Waals surface area contributed by atoms with E-state index in [4.69, 9.17) is 9.98 Å². The van der Waals surface area contributed by atoms with E-state index in [1.807, 2.05) is 48.5 Å². The molecule has 0 aliphatic rings. The van der Waals surface area contributed by atoms with Gasteiger partial charge in [0.05, 0.1) is 17.6 Å². The lowest BCUT2D eigenvalue weighted by Crippen LogP contribution is -2.05. The second kappa shape index (κ2) is 16.4. The van der Waals surface area contributed by atoms with Crippen molar-refractivity contribution in [3.63, 3.8) is 0 Å². The molecule has 0 N–H and O–H groups in total. The number of fused-ring (bicyclic) bond motifs is 10. The highest BCUT2D eigenvalue weighted by molar-refractivity contribution is 6.29. The molecule has 0 radical (unpaired) electrons. The molecule has 0 aliphatic heterocycles. The third-order valence-electron chi connectivity index (χ3n) is 13.0. The van der Waals surface area contributed by atoms with E-state index in [1.54, 1.807) is 0 Å². The van der Waals surface area contributed by atoms with Crippen LogP contribution in [0.25, 0.3) is 92.8 Å². The Morgan fingerprint density at radius 2 is 0.985 bits per heavy atom. The molecule has 11 aromatic carbocycles. The molecule has 0 saturated heterocycles. The second-order valence-electron chi connectivity index (χ2n) is 16.8. The van der Waals surface area contributed by atoms with Gasteiger partial charge in [0.15, 0.2) is 11.7 Å². The van der Waals surface area contributed by atoms with Gasteiger partial charge in [0.1, 0.15) is 0 Å². The fraction of sp³-hybridized carbons (Fsp3) is 0.0161. The molecule has 0 amide bonds. The van der Waals surface area contributed by atoms with Crippen LogP contribution in [-0.2, 0) is 6.54 Å². The molecule has 0 unspecified atom stereocenters. The van der Waals surface area contributed by atoms with Gasteiger partial charge in [-0.25, -0.2) is 9.98 Å². The number of hydrogen-bond donors (Lipinski definition) is 0. The van der Waals surface area contributed by atoms with Crippen LogP contribution in [-0.4, -0.2) is 23.0 Å². The Morgan fingerprint density at radius 3 is 1.77 bits per heavy atom. The monoisotopic (exact) mass is 842 g/mol. The smallest absolute Gasteiger partial charge is 0.161 e. The molecule has 66 heavy (non-hydrogen) atoms. The van der Waals surface area contributed by atoms with E-state index in [9.17, 15) is 0 Å². The molecule has 0 aliphatic carbocycles. The quantitative estimate of drug-likeness (QED) is 0.0871. The molecular weight excluding hydrogens is 801 g/mol. The van der Waals surface area contributed by atoms with Gasteiger partial charge in [0.25, 0.3) is 0 Å². The Balaban J connectivity index is 0.967. The Morgan fingerprint density at radius 1 is 0.394 bits per heavy atom. The Kier molecular flexibility index (Phi) is 9.69. The van der Waals surface area contributed by atoms with E-state index < -0.39 is 0 Å². The number of para-hydroxylation sites is 1. The summed E-state index contributed by atoms with van der Waals surface area (Å²) in [6.45, 7) is 4.44. The van der Waals surface area contributed by atoms with E-state index in [0.717, 1.165) is 27.9 Å². The van der Waals surface area contributed by atoms with Gasteiger partial charge in [-0.1, -0.05) is 200 Å². The average molecular weight is 843 g/mol. The number of hydrogen-bond acceptors (Lipinski definition) is 1. The van der Waals surface area contributed by atoms with Crippen LogP contribution in [0.2, 0.25) is 0 Å². The summed E-state index contributed by atoms with van der Waals surface area (Å²) in [5, 5.41) is 12.3. The van der Waals surface area contributed by atoms with E-state index in [0.29, 0.717) is 18.2 Å². The zero-order valence-electron chi connectivity index (χ0n) is 36.1. The Bertz CT molecular complexity index is 3900. The van der Waals surface area contributed by atoms with E-state index in [1.165, 1.54) is 81.6 Å². The highest BCUT2D eigenvalue weighted by Crippen LogP contribution is 2.42. The second-order valence-corrected chi connectivity index (χ2v) is 16.8. The van der Waals surface area contributed by atoms with Crippen molar-refractivity contribution in [2.75, 3.05) is 0 Å². The molecule has 0 spiro atoms. The number of aliphatic imine (C=N–C) groups is 3. The molecule has 12 rings (SSSR count). The first-order valence-corrected chi connectivity index (χ1v) is 22.4. The van der Waals surface area contributed by atoms with Crippen molar-refractivity contribution in [1.82, 2.24) is 4.57 Å². The first kappa shape index (κ1) is 38.9. The number of benzene rings is 11. The van der Waals surface area contributed by atoms with Gasteiger partial charge in [-0.15, -0.1) is 0 Å². The van der Waals surface area contributed by atoms with Crippen molar-refractivity contribution >= 4 is 83.3 Å². The molecule has 0 saturated carbocycles. The lowest BCUT2D eigenvalue weighted by atomic mass is 9.88. The summed E-state index contributed by atoms with van der Waals surface area (Å²) in [4.78, 5) is 14.4. The van der Waals surface area contributed by atoms with Crippen molar-refractivity contribution < 1.29 is 0 Å². The minimum atomic E-state index is 0.510. The SMILES string of the molecule is C=NC(=NC(=NCc1ccccc1)c1ccccc1)c1ccc(-c2cccc3c4ccccc4c4cc(-c5ccc6c7ccccc7n(-c7ccc8ccccc8c7)c6c5)ccc4c23)cc1. The third-order valence-corrected chi connectivity index (χ3v) is 13.0. The molecule has 310 valence electrons. The summed E-state index contributed by atoms with van der Waals surface area (Å²) in [7, 11) is 0. The van der Waals surface area contributed by atoms with Gasteiger partial charge in [-0.3, -0.25) is 4.99 Å². The van der Waals surface area contributed by atoms with Crippen molar-refractivity contribution in [3.05, 3.63) is 247 Å². The summed E-state index contributed by atoms with van der Waals surface area (Å²) >= 11 is 0. The minimum absolute atomic E-state index is 0.510. The molecule has 4 nitrogen and oxygen atoms in total. The zero-order valence-corrected chi connectivity index (χ0v) is 36.1. The predicted octanol–water partition coefficient (Wildman–Crippen LogP) is 15.8. The van der Waals surface area contributed by atoms with Gasteiger partial charge in [0.2, 0.25) is 0 Å². The Labute approximate surface area is 382 Å². The molecule has 1 heterocycles. The van der Waals surface area contributed by atoms with E-state index in [2.05, 4.69) is 198 Å². The average Bonchev–Trinajstić information content (AvgIpc) is 3.72. The van der Waals surface area contributed by atoms with Crippen molar-refractivity contribution in [1.29, 1.82) is 0 Å². The van der Waals surface area contributed by atoms with Crippen LogP contribution in [0.3, 0.4) is 0 Å². The molecule has 0 fully saturated rings. The summed E-state index contributed by atoms with van der Waals surface area (Å²) in [6.07, 6.45) is 0. The summed E-state index contributed by atoms with van der Waals surface area (Å²) < 4.78 is 2.42. The highest BCUT2D eigenvalue weighted by Gasteiger charge is 2.17. The summed E-state index contributed by atoms with van der Waals surface area (Å²) in [6, 6.07) is 82.4. The maximum Gasteiger partial charge on any atom is 0.161 e. The number of rotatable bonds is 7. The lowest BCUT2D eigenvalue weighted by molar-refractivity contribution is 1.06. The van der Waals surface area contributed by atoms with E-state index in [-0.39, 0.29) is 0 Å². The molecular formula is C62H42N4. The number of nitrogens with zero attached hydrogens (tertiary/aromatic N) is 4. The van der Waals surface area contributed by atoms with Crippen molar-refractivity contribution in [3.8, 4) is 27.9 Å². The normalized spacial score (nSPS) is 12.2. The minimum Gasteiger partial charge on any atom is -0.309 e. The van der Waals surface area contributed by atoms with Crippen LogP contribution >= 0.6 is 0 Å². The fourth-order valence-corrected chi connectivity index (χ4v) is 9.79. The summed E-state index contributed by atoms with van der Waals surface area (Å²) in [5.41, 5.74) is 11.1. The van der Waals surface area contributed by atoms with Crippen molar-refractivity contribution in [2.45, 2.75) is 6.54 Å². The molecule has 4 heteroatoms. The summed E-state index contributed by atoms with van der Waals surface area (Å²) in [5.74, 6) is 1.14. The van der Waals surface area contributed by atoms with Gasteiger partial charge < -0.3 is 4.57 Å². The zero-order chi connectivity index (χ0) is 44.0. The van der Waals surface area contributed by atoms with Crippen LogP contribution < -0.4 is 0 Å². The predicted molar refractivity (Wildman–Crippen MR) is 281 cm³/mol. The largest absolute Gasteiger partial charge is 0.309 e. The van der Waals surface area contributed by atoms with Gasteiger partial charge in [0, 0.05) is 27.6 Å². The van der Waals surface area contributed by atoms with Crippen LogP contribution in [0.15, 0.2) is 245 Å². The van der Waals surface area contributed by atoms with Crippen LogP contribution in [0.5, 0.6) is 0 Å². The van der Waals surface area contributed by atoms with Gasteiger partial charge in [-0.05, 0) is 108 Å². The standard InChI is InChI=1S/C62H42N4/c1-63-61(65-62(44-18-6-3-7-19-44)64-40-41-15-4-2-5-16-41)45-29-27-43(28-30-45)50-24-14-25-55-51-21-10-11-22-52(51)57-38-47(33-36-56(57)60(50)55)48-32-35-54-53-23-12-13-26-58(53)66(59(54)39-48)49-34-31-42-17-8-9-20-46(42)37-49/h2-39H,1,40H2. The highest BCUT2D eigenvalue weighted by atomic mass is 15.0. The fourth-order valence-electron chi connectivity index (χ4n) is 9.79. The topological polar surface area (TPSA) is 42.0 Å². The lowest BCUT2D eigenvalue weighted by Gasteiger charge is -2.16. The first-order valence-electron chi connectivity index (χ1n) is 22.4. The molecule has 0 bridgehead atoms. The number of aromatic nitrogens is 1. The first-order chi connectivity index (χ1) is 32.7. The van der Waals surface area contributed by atoms with Gasteiger partial charge in [-0.2, -0.15) is 0 Å². The van der Waals surface area contributed by atoms with Crippen LogP contribution in [0, 0.1) is 0 Å². The maximum absolute atomic E-state index is 5.01. The Hall–Kier alpha value is -8.73. The van der Waals surface area contributed by atoms with E-state index >= 15 is 0 Å². The molecule has 0 atom stereocenters. The molecule has 12 aromatic rings. The third kappa shape index (κ3) is 6.84. The number of amidine groups is 2. The molecule has 1 aromatic heterocycles. The van der Waals surface area contributed by atoms with Gasteiger partial charge >= 0.3 is 0 Å². The van der Waals surface area contributed by atoms with Crippen LogP contribution in [0.1, 0.15) is 16.7 Å². The van der Waals surface area contributed by atoms with Crippen molar-refractivity contribution in [2.24, 2.45) is 15.0 Å². The van der Waals surface area contributed by atoms with Crippen LogP contribution in [0.4, 0.5) is 0 Å².